The molecule has 2 atom stereocenters. The highest BCUT2D eigenvalue weighted by atomic mass is 35.5. The Morgan fingerprint density at radius 2 is 2.05 bits per heavy atom. The van der Waals surface area contributed by atoms with Crippen LogP contribution in [0.4, 0.5) is 0 Å². The lowest BCUT2D eigenvalue weighted by molar-refractivity contribution is -0.125. The van der Waals surface area contributed by atoms with E-state index in [1.165, 1.54) is 0 Å². The third kappa shape index (κ3) is 5.39. The van der Waals surface area contributed by atoms with Gasteiger partial charge in [-0.25, -0.2) is 0 Å². The number of carbonyl (C=O) groups excluding carboxylic acids is 1. The number of nitrogens with one attached hydrogen (secondary N) is 1. The van der Waals surface area contributed by atoms with Gasteiger partial charge in [0.15, 0.2) is 0 Å². The zero-order valence-electron chi connectivity index (χ0n) is 11.1. The van der Waals surface area contributed by atoms with Crippen molar-refractivity contribution >= 4 is 29.1 Å². The number of rotatable bonds is 6. The molecule has 0 aliphatic rings. The molecule has 106 valence electrons. The Morgan fingerprint density at radius 3 is 2.63 bits per heavy atom. The van der Waals surface area contributed by atoms with E-state index >= 15 is 0 Å². The molecule has 2 N–H and O–H groups in total. The minimum Gasteiger partial charge on any atom is -0.396 e. The number of hydrogen-bond donors (Lipinski definition) is 2. The van der Waals surface area contributed by atoms with E-state index < -0.39 is 0 Å². The van der Waals surface area contributed by atoms with Gasteiger partial charge in [-0.1, -0.05) is 36.2 Å². The van der Waals surface area contributed by atoms with Gasteiger partial charge in [0.2, 0.25) is 5.91 Å². The predicted molar refractivity (Wildman–Crippen MR) is 78.6 cm³/mol. The van der Waals surface area contributed by atoms with Crippen molar-refractivity contribution in [3.05, 3.63) is 33.8 Å². The van der Waals surface area contributed by atoms with Gasteiger partial charge in [0.1, 0.15) is 0 Å². The van der Waals surface area contributed by atoms with Crippen molar-refractivity contribution in [2.45, 2.75) is 32.7 Å². The molecule has 1 amide bonds. The molecule has 0 aliphatic heterocycles. The molecule has 0 heterocycles. The molecule has 0 bridgehead atoms. The van der Waals surface area contributed by atoms with Gasteiger partial charge in [-0.3, -0.25) is 4.79 Å². The summed E-state index contributed by atoms with van der Waals surface area (Å²) in [5, 5.41) is 12.8. The summed E-state index contributed by atoms with van der Waals surface area (Å²) >= 11 is 11.9. The fourth-order valence-corrected chi connectivity index (χ4v) is 2.25. The molecule has 0 spiro atoms. The first-order valence-electron chi connectivity index (χ1n) is 6.29. The fourth-order valence-electron chi connectivity index (χ4n) is 1.76. The third-order valence-corrected chi connectivity index (χ3v) is 3.53. The molecule has 1 rings (SSSR count). The minimum absolute atomic E-state index is 0.0272. The van der Waals surface area contributed by atoms with E-state index in [2.05, 4.69) is 5.32 Å². The van der Waals surface area contributed by atoms with Crippen molar-refractivity contribution in [1.82, 2.24) is 5.32 Å². The SMILES string of the molecule is CC(CCO)NC(=O)C(C)Cc1ccc(Cl)cc1Cl. The number of benzene rings is 1. The smallest absolute Gasteiger partial charge is 0.223 e. The number of aliphatic hydroxyl groups excluding tert-OH is 1. The first-order valence-corrected chi connectivity index (χ1v) is 7.04. The quantitative estimate of drug-likeness (QED) is 0.848. The summed E-state index contributed by atoms with van der Waals surface area (Å²) in [4.78, 5) is 11.9. The number of aliphatic hydroxyl groups is 1. The average Bonchev–Trinajstić information content (AvgIpc) is 2.32. The molecule has 1 aromatic rings. The summed E-state index contributed by atoms with van der Waals surface area (Å²) in [7, 11) is 0. The molecule has 0 aromatic heterocycles. The van der Waals surface area contributed by atoms with E-state index in [1.807, 2.05) is 19.9 Å². The molecule has 0 aliphatic carbocycles. The van der Waals surface area contributed by atoms with Crippen LogP contribution in [0.3, 0.4) is 0 Å². The largest absolute Gasteiger partial charge is 0.396 e. The second kappa shape index (κ2) is 7.73. The number of amides is 1. The Kier molecular flexibility index (Phi) is 6.63. The van der Waals surface area contributed by atoms with Crippen LogP contribution in [0.2, 0.25) is 10.0 Å². The monoisotopic (exact) mass is 303 g/mol. The second-order valence-electron chi connectivity index (χ2n) is 4.76. The van der Waals surface area contributed by atoms with Crippen molar-refractivity contribution in [2.75, 3.05) is 6.61 Å². The normalized spacial score (nSPS) is 13.9. The standard InChI is InChI=1S/C14H19Cl2NO2/c1-9(14(19)17-10(2)5-6-18)7-11-3-4-12(15)8-13(11)16/h3-4,8-10,18H,5-7H2,1-2H3,(H,17,19). The summed E-state index contributed by atoms with van der Waals surface area (Å²) in [5.74, 6) is -0.216. The van der Waals surface area contributed by atoms with Gasteiger partial charge in [0.05, 0.1) is 0 Å². The highest BCUT2D eigenvalue weighted by Gasteiger charge is 2.16. The molecule has 0 radical (unpaired) electrons. The zero-order chi connectivity index (χ0) is 14.4. The van der Waals surface area contributed by atoms with Crippen molar-refractivity contribution < 1.29 is 9.90 Å². The average molecular weight is 304 g/mol. The molecule has 19 heavy (non-hydrogen) atoms. The van der Waals surface area contributed by atoms with E-state index in [4.69, 9.17) is 28.3 Å². The van der Waals surface area contributed by atoms with E-state index in [9.17, 15) is 4.79 Å². The van der Waals surface area contributed by atoms with E-state index in [1.54, 1.807) is 12.1 Å². The lowest BCUT2D eigenvalue weighted by Crippen LogP contribution is -2.37. The van der Waals surface area contributed by atoms with Crippen LogP contribution in [-0.4, -0.2) is 23.7 Å². The van der Waals surface area contributed by atoms with Gasteiger partial charge < -0.3 is 10.4 Å². The van der Waals surface area contributed by atoms with Crippen molar-refractivity contribution in [3.63, 3.8) is 0 Å². The van der Waals surface area contributed by atoms with Crippen molar-refractivity contribution in [3.8, 4) is 0 Å². The molecule has 0 fully saturated rings. The Morgan fingerprint density at radius 1 is 1.37 bits per heavy atom. The highest BCUT2D eigenvalue weighted by molar-refractivity contribution is 6.35. The Hall–Kier alpha value is -0.770. The Balaban J connectivity index is 2.58. The summed E-state index contributed by atoms with van der Waals surface area (Å²) in [6.45, 7) is 3.79. The molecule has 2 unspecified atom stereocenters. The lowest BCUT2D eigenvalue weighted by Gasteiger charge is -2.17. The van der Waals surface area contributed by atoms with Gasteiger partial charge in [-0.05, 0) is 37.5 Å². The van der Waals surface area contributed by atoms with Gasteiger partial charge in [-0.2, -0.15) is 0 Å². The van der Waals surface area contributed by atoms with Crippen LogP contribution in [0.25, 0.3) is 0 Å². The zero-order valence-corrected chi connectivity index (χ0v) is 12.6. The van der Waals surface area contributed by atoms with Crippen LogP contribution in [0.5, 0.6) is 0 Å². The first-order chi connectivity index (χ1) is 8.93. The van der Waals surface area contributed by atoms with Crippen LogP contribution in [-0.2, 0) is 11.2 Å². The van der Waals surface area contributed by atoms with Crippen LogP contribution in [0.1, 0.15) is 25.8 Å². The van der Waals surface area contributed by atoms with Gasteiger partial charge in [0, 0.05) is 28.6 Å². The third-order valence-electron chi connectivity index (χ3n) is 2.94. The predicted octanol–water partition coefficient (Wildman–Crippen LogP) is 3.06. The molecular formula is C14H19Cl2NO2. The second-order valence-corrected chi connectivity index (χ2v) is 5.61. The van der Waals surface area contributed by atoms with Gasteiger partial charge in [-0.15, -0.1) is 0 Å². The summed E-state index contributed by atoms with van der Waals surface area (Å²) in [5.41, 5.74) is 0.906. The van der Waals surface area contributed by atoms with Crippen LogP contribution in [0, 0.1) is 5.92 Å². The number of carbonyl (C=O) groups is 1. The first kappa shape index (κ1) is 16.3. The number of hydrogen-bond acceptors (Lipinski definition) is 2. The van der Waals surface area contributed by atoms with Crippen molar-refractivity contribution in [1.29, 1.82) is 0 Å². The lowest BCUT2D eigenvalue weighted by atomic mass is 10.00. The summed E-state index contributed by atoms with van der Waals surface area (Å²) < 4.78 is 0. The maximum atomic E-state index is 11.9. The van der Waals surface area contributed by atoms with Gasteiger partial charge in [0.25, 0.3) is 0 Å². The molecule has 3 nitrogen and oxygen atoms in total. The maximum absolute atomic E-state index is 11.9. The maximum Gasteiger partial charge on any atom is 0.223 e. The van der Waals surface area contributed by atoms with E-state index in [0.717, 1.165) is 5.56 Å². The topological polar surface area (TPSA) is 49.3 Å². The summed E-state index contributed by atoms with van der Waals surface area (Å²) in [6.07, 6.45) is 1.12. The molecule has 1 aromatic carbocycles. The number of halogens is 2. The Labute approximate surface area is 123 Å². The summed E-state index contributed by atoms with van der Waals surface area (Å²) in [6, 6.07) is 5.26. The van der Waals surface area contributed by atoms with E-state index in [0.29, 0.717) is 22.9 Å². The van der Waals surface area contributed by atoms with E-state index in [-0.39, 0.29) is 24.5 Å². The van der Waals surface area contributed by atoms with Crippen LogP contribution in [0.15, 0.2) is 18.2 Å². The Bertz CT molecular complexity index is 437. The minimum atomic E-state index is -0.181. The highest BCUT2D eigenvalue weighted by Crippen LogP contribution is 2.23. The molecule has 0 saturated carbocycles. The van der Waals surface area contributed by atoms with Crippen molar-refractivity contribution in [2.24, 2.45) is 5.92 Å². The van der Waals surface area contributed by atoms with Crippen LogP contribution >= 0.6 is 23.2 Å². The fraction of sp³-hybridized carbons (Fsp3) is 0.500. The molecular weight excluding hydrogens is 285 g/mol. The van der Waals surface area contributed by atoms with Gasteiger partial charge >= 0.3 is 0 Å². The van der Waals surface area contributed by atoms with Crippen LogP contribution < -0.4 is 5.32 Å². The molecule has 0 saturated heterocycles. The molecule has 5 heteroatoms.